The molecule has 1 unspecified atom stereocenters. The predicted molar refractivity (Wildman–Crippen MR) is 69.6 cm³/mol. The number of benzene rings is 1. The van der Waals surface area contributed by atoms with Gasteiger partial charge in [-0.25, -0.2) is 0 Å². The van der Waals surface area contributed by atoms with Crippen LogP contribution >= 0.6 is 11.8 Å². The van der Waals surface area contributed by atoms with E-state index >= 15 is 0 Å². The number of thioether (sulfide) groups is 1. The molecule has 16 heavy (non-hydrogen) atoms. The van der Waals surface area contributed by atoms with Crippen molar-refractivity contribution in [3.05, 3.63) is 23.8 Å². The largest absolute Gasteiger partial charge is 0.489 e. The van der Waals surface area contributed by atoms with Gasteiger partial charge in [-0.05, 0) is 36.6 Å². The fourth-order valence-corrected chi connectivity index (χ4v) is 3.41. The molecule has 2 aliphatic heterocycles. The maximum absolute atomic E-state index is 5.98. The first-order valence-electron chi connectivity index (χ1n) is 6.03. The van der Waals surface area contributed by atoms with E-state index in [2.05, 4.69) is 23.5 Å². The molecule has 0 bridgehead atoms. The fraction of sp³-hybridized carbons (Fsp3) is 0.538. The summed E-state index contributed by atoms with van der Waals surface area (Å²) < 4.78 is 5.98. The minimum atomic E-state index is 0.423. The van der Waals surface area contributed by atoms with Crippen LogP contribution in [0.1, 0.15) is 18.4 Å². The second kappa shape index (κ2) is 4.58. The summed E-state index contributed by atoms with van der Waals surface area (Å²) in [6, 6.07) is 6.49. The van der Waals surface area contributed by atoms with Crippen molar-refractivity contribution in [3.8, 4) is 5.75 Å². The molecule has 0 saturated carbocycles. The van der Waals surface area contributed by atoms with Crippen LogP contribution in [0, 0.1) is 0 Å². The molecule has 3 rings (SSSR count). The molecule has 1 N–H and O–H groups in total. The summed E-state index contributed by atoms with van der Waals surface area (Å²) in [5.74, 6) is 3.42. The molecule has 1 atom stereocenters. The highest BCUT2D eigenvalue weighted by molar-refractivity contribution is 7.99. The Bertz CT molecular complexity index is 374. The second-order valence-corrected chi connectivity index (χ2v) is 5.60. The van der Waals surface area contributed by atoms with E-state index in [1.807, 2.05) is 11.8 Å². The molecule has 1 aromatic rings. The fourth-order valence-electron chi connectivity index (χ4n) is 2.31. The zero-order valence-electron chi connectivity index (χ0n) is 9.37. The Hall–Kier alpha value is -0.830. The number of ether oxygens (including phenoxy) is 1. The SMILES string of the molecule is c1cc2c(cc1OC1CCSC1)NCCC2. The lowest BCUT2D eigenvalue weighted by Gasteiger charge is -2.20. The van der Waals surface area contributed by atoms with Gasteiger partial charge in [-0.2, -0.15) is 11.8 Å². The maximum atomic E-state index is 5.98. The molecule has 0 amide bonds. The Balaban J connectivity index is 1.74. The average molecular weight is 235 g/mol. The van der Waals surface area contributed by atoms with E-state index in [-0.39, 0.29) is 0 Å². The van der Waals surface area contributed by atoms with E-state index < -0.39 is 0 Å². The van der Waals surface area contributed by atoms with Gasteiger partial charge in [0.15, 0.2) is 0 Å². The van der Waals surface area contributed by atoms with Crippen molar-refractivity contribution in [1.82, 2.24) is 0 Å². The van der Waals surface area contributed by atoms with E-state index in [1.54, 1.807) is 0 Å². The summed E-state index contributed by atoms with van der Waals surface area (Å²) in [5, 5.41) is 3.44. The van der Waals surface area contributed by atoms with Crippen LogP contribution in [-0.2, 0) is 6.42 Å². The van der Waals surface area contributed by atoms with Crippen LogP contribution in [0.5, 0.6) is 5.75 Å². The van der Waals surface area contributed by atoms with Gasteiger partial charge in [0.25, 0.3) is 0 Å². The lowest BCUT2D eigenvalue weighted by atomic mass is 10.0. The molecule has 2 heterocycles. The van der Waals surface area contributed by atoms with Crippen molar-refractivity contribution in [2.45, 2.75) is 25.4 Å². The van der Waals surface area contributed by atoms with Crippen molar-refractivity contribution in [3.63, 3.8) is 0 Å². The Morgan fingerprint density at radius 2 is 2.38 bits per heavy atom. The molecule has 3 heteroatoms. The van der Waals surface area contributed by atoms with E-state index in [1.165, 1.54) is 36.3 Å². The van der Waals surface area contributed by atoms with Gasteiger partial charge in [-0.1, -0.05) is 6.07 Å². The van der Waals surface area contributed by atoms with E-state index in [0.29, 0.717) is 6.10 Å². The number of anilines is 1. The van der Waals surface area contributed by atoms with Crippen molar-refractivity contribution in [2.24, 2.45) is 0 Å². The number of nitrogens with one attached hydrogen (secondary N) is 1. The predicted octanol–water partition coefficient (Wildman–Crippen LogP) is 2.93. The lowest BCUT2D eigenvalue weighted by molar-refractivity contribution is 0.229. The van der Waals surface area contributed by atoms with Crippen LogP contribution in [0.15, 0.2) is 18.2 Å². The summed E-state index contributed by atoms with van der Waals surface area (Å²) >= 11 is 1.99. The molecule has 1 saturated heterocycles. The molecule has 0 spiro atoms. The van der Waals surface area contributed by atoms with Gasteiger partial charge in [0.05, 0.1) is 0 Å². The zero-order chi connectivity index (χ0) is 10.8. The van der Waals surface area contributed by atoms with E-state index in [0.717, 1.165) is 18.0 Å². The number of hydrogen-bond donors (Lipinski definition) is 1. The Kier molecular flexibility index (Phi) is 2.96. The molecule has 2 nitrogen and oxygen atoms in total. The summed E-state index contributed by atoms with van der Waals surface area (Å²) in [7, 11) is 0. The Morgan fingerprint density at radius 1 is 1.38 bits per heavy atom. The smallest absolute Gasteiger partial charge is 0.121 e. The van der Waals surface area contributed by atoms with Crippen molar-refractivity contribution in [1.29, 1.82) is 0 Å². The number of fused-ring (bicyclic) bond motifs is 1. The topological polar surface area (TPSA) is 21.3 Å². The number of rotatable bonds is 2. The molecule has 0 aromatic heterocycles. The third kappa shape index (κ3) is 2.14. The summed E-state index contributed by atoms with van der Waals surface area (Å²) in [6.07, 6.45) is 4.05. The van der Waals surface area contributed by atoms with Gasteiger partial charge in [-0.15, -0.1) is 0 Å². The van der Waals surface area contributed by atoms with Gasteiger partial charge >= 0.3 is 0 Å². The molecular weight excluding hydrogens is 218 g/mol. The molecule has 86 valence electrons. The standard InChI is InChI=1S/C13H17NOS/c1-2-10-3-4-11(8-13(10)14-6-1)15-12-5-7-16-9-12/h3-4,8,12,14H,1-2,5-7,9H2. The molecule has 0 aliphatic carbocycles. The lowest BCUT2D eigenvalue weighted by Crippen LogP contribution is -2.16. The molecule has 0 radical (unpaired) electrons. The van der Waals surface area contributed by atoms with Crippen LogP contribution in [0.3, 0.4) is 0 Å². The van der Waals surface area contributed by atoms with Gasteiger partial charge in [0, 0.05) is 24.1 Å². The molecule has 2 aliphatic rings. The molecule has 1 aromatic carbocycles. The van der Waals surface area contributed by atoms with Crippen LogP contribution in [-0.4, -0.2) is 24.2 Å². The second-order valence-electron chi connectivity index (χ2n) is 4.45. The third-order valence-corrected chi connectivity index (χ3v) is 4.34. The highest BCUT2D eigenvalue weighted by atomic mass is 32.2. The van der Waals surface area contributed by atoms with E-state index in [9.17, 15) is 0 Å². The Labute approximate surface area is 101 Å². The summed E-state index contributed by atoms with van der Waals surface area (Å²) in [4.78, 5) is 0. The highest BCUT2D eigenvalue weighted by Gasteiger charge is 2.17. The van der Waals surface area contributed by atoms with Crippen LogP contribution < -0.4 is 10.1 Å². The van der Waals surface area contributed by atoms with Crippen LogP contribution in [0.25, 0.3) is 0 Å². The first kappa shape index (κ1) is 10.3. The quantitative estimate of drug-likeness (QED) is 0.851. The third-order valence-electron chi connectivity index (χ3n) is 3.21. The van der Waals surface area contributed by atoms with Gasteiger partial charge < -0.3 is 10.1 Å². The molecule has 1 fully saturated rings. The van der Waals surface area contributed by atoms with Crippen molar-refractivity contribution in [2.75, 3.05) is 23.4 Å². The average Bonchev–Trinajstić information content (AvgIpc) is 2.82. The van der Waals surface area contributed by atoms with Crippen molar-refractivity contribution >= 4 is 17.4 Å². The van der Waals surface area contributed by atoms with E-state index in [4.69, 9.17) is 4.74 Å². The van der Waals surface area contributed by atoms with Gasteiger partial charge in [0.2, 0.25) is 0 Å². The van der Waals surface area contributed by atoms with Crippen molar-refractivity contribution < 1.29 is 4.74 Å². The first-order valence-corrected chi connectivity index (χ1v) is 7.18. The number of aryl methyl sites for hydroxylation is 1. The maximum Gasteiger partial charge on any atom is 0.121 e. The monoisotopic (exact) mass is 235 g/mol. The van der Waals surface area contributed by atoms with Gasteiger partial charge in [-0.3, -0.25) is 0 Å². The summed E-state index contributed by atoms with van der Waals surface area (Å²) in [5.41, 5.74) is 2.70. The zero-order valence-corrected chi connectivity index (χ0v) is 10.2. The minimum Gasteiger partial charge on any atom is -0.489 e. The summed E-state index contributed by atoms with van der Waals surface area (Å²) in [6.45, 7) is 1.09. The van der Waals surface area contributed by atoms with Gasteiger partial charge in [0.1, 0.15) is 11.9 Å². The minimum absolute atomic E-state index is 0.423. The number of hydrogen-bond acceptors (Lipinski definition) is 3. The molecular formula is C13H17NOS. The Morgan fingerprint density at radius 3 is 3.25 bits per heavy atom. The highest BCUT2D eigenvalue weighted by Crippen LogP contribution is 2.29. The van der Waals surface area contributed by atoms with Crippen LogP contribution in [0.2, 0.25) is 0 Å². The van der Waals surface area contributed by atoms with Crippen LogP contribution in [0.4, 0.5) is 5.69 Å². The normalized spacial score (nSPS) is 23.6. The first-order chi connectivity index (χ1) is 7.92.